The molecule has 1 aliphatic carbocycles. The number of amides is 2. The molecule has 1 aromatic rings. The Balaban J connectivity index is 1.53. The molecule has 3 rings (SSSR count). The average Bonchev–Trinajstić information content (AvgIpc) is 2.65. The van der Waals surface area contributed by atoms with Gasteiger partial charge in [-0.05, 0) is 37.8 Å². The first-order chi connectivity index (χ1) is 13.0. The lowest BCUT2D eigenvalue weighted by Crippen LogP contribution is -2.55. The van der Waals surface area contributed by atoms with Crippen LogP contribution in [-0.2, 0) is 14.3 Å². The van der Waals surface area contributed by atoms with Crippen LogP contribution < -0.4 is 5.32 Å². The number of anilines is 1. The molecule has 2 atom stereocenters. The highest BCUT2D eigenvalue weighted by Crippen LogP contribution is 2.28. The molecule has 1 aliphatic heterocycles. The predicted molar refractivity (Wildman–Crippen MR) is 106 cm³/mol. The predicted octanol–water partition coefficient (Wildman–Crippen LogP) is 2.34. The maximum Gasteiger partial charge on any atom is 0.243 e. The zero-order chi connectivity index (χ0) is 19.4. The summed E-state index contributed by atoms with van der Waals surface area (Å²) in [4.78, 5) is 28.9. The van der Waals surface area contributed by atoms with Crippen LogP contribution in [-0.4, -0.2) is 67.0 Å². The number of nitrogens with one attached hydrogen (secondary N) is 1. The van der Waals surface area contributed by atoms with E-state index < -0.39 is 0 Å². The van der Waals surface area contributed by atoms with E-state index in [-0.39, 0.29) is 24.5 Å². The second-order valence-corrected chi connectivity index (χ2v) is 7.80. The van der Waals surface area contributed by atoms with E-state index in [1.54, 1.807) is 7.05 Å². The number of ether oxygens (including phenoxy) is 1. The number of nitrogens with zero attached hydrogens (tertiary/aromatic N) is 2. The zero-order valence-corrected chi connectivity index (χ0v) is 16.7. The molecule has 148 valence electrons. The molecule has 1 saturated carbocycles. The second-order valence-electron chi connectivity index (χ2n) is 7.80. The lowest BCUT2D eigenvalue weighted by molar-refractivity contribution is -0.139. The maximum absolute atomic E-state index is 12.7. The van der Waals surface area contributed by atoms with E-state index >= 15 is 0 Å². The lowest BCUT2D eigenvalue weighted by Gasteiger charge is -2.43. The van der Waals surface area contributed by atoms with Crippen LogP contribution in [0.5, 0.6) is 0 Å². The monoisotopic (exact) mass is 373 g/mol. The average molecular weight is 373 g/mol. The van der Waals surface area contributed by atoms with Gasteiger partial charge in [0.2, 0.25) is 11.8 Å². The Kier molecular flexibility index (Phi) is 6.50. The van der Waals surface area contributed by atoms with Gasteiger partial charge in [-0.3, -0.25) is 14.5 Å². The third-order valence-corrected chi connectivity index (χ3v) is 5.74. The van der Waals surface area contributed by atoms with Crippen molar-refractivity contribution in [2.75, 3.05) is 38.6 Å². The number of carbonyl (C=O) groups is 2. The summed E-state index contributed by atoms with van der Waals surface area (Å²) in [6, 6.07) is 6.25. The van der Waals surface area contributed by atoms with Crippen LogP contribution in [0, 0.1) is 13.8 Å². The van der Waals surface area contributed by atoms with Gasteiger partial charge in [0.15, 0.2) is 0 Å². The number of likely N-dealkylation sites (N-methyl/N-ethyl adjacent to an activating group) is 1. The van der Waals surface area contributed by atoms with Crippen molar-refractivity contribution in [3.8, 4) is 0 Å². The van der Waals surface area contributed by atoms with E-state index in [1.165, 1.54) is 17.7 Å². The van der Waals surface area contributed by atoms with Crippen molar-refractivity contribution in [3.05, 3.63) is 29.3 Å². The standard InChI is InChI=1S/C21H31N3O3/c1-15-7-6-8-16(2)21(15)22-19(25)13-23(3)20(26)14-24-11-12-27-18-10-5-4-9-17(18)24/h6-8,17-18H,4-5,9-14H2,1-3H3,(H,22,25). The Morgan fingerprint density at radius 3 is 2.67 bits per heavy atom. The molecule has 0 bridgehead atoms. The number of hydrogen-bond donors (Lipinski definition) is 1. The molecule has 0 aromatic heterocycles. The van der Waals surface area contributed by atoms with Crippen molar-refractivity contribution in [2.45, 2.75) is 51.7 Å². The molecule has 2 fully saturated rings. The SMILES string of the molecule is Cc1cccc(C)c1NC(=O)CN(C)C(=O)CN1CCOC2CCCCC21. The molecule has 2 amide bonds. The Morgan fingerprint density at radius 2 is 1.93 bits per heavy atom. The van der Waals surface area contributed by atoms with Gasteiger partial charge in [-0.15, -0.1) is 0 Å². The van der Waals surface area contributed by atoms with Gasteiger partial charge in [-0.2, -0.15) is 0 Å². The first kappa shape index (κ1) is 19.8. The van der Waals surface area contributed by atoms with Gasteiger partial charge in [0.25, 0.3) is 0 Å². The van der Waals surface area contributed by atoms with Gasteiger partial charge >= 0.3 is 0 Å². The van der Waals surface area contributed by atoms with Crippen LogP contribution in [0.2, 0.25) is 0 Å². The van der Waals surface area contributed by atoms with Crippen LogP contribution in [0.25, 0.3) is 0 Å². The smallest absolute Gasteiger partial charge is 0.243 e. The van der Waals surface area contributed by atoms with Crippen molar-refractivity contribution >= 4 is 17.5 Å². The topological polar surface area (TPSA) is 61.9 Å². The summed E-state index contributed by atoms with van der Waals surface area (Å²) in [7, 11) is 1.70. The largest absolute Gasteiger partial charge is 0.375 e. The molecule has 0 radical (unpaired) electrons. The van der Waals surface area contributed by atoms with Gasteiger partial charge in [0, 0.05) is 25.3 Å². The molecular weight excluding hydrogens is 342 g/mol. The molecule has 1 N–H and O–H groups in total. The van der Waals surface area contributed by atoms with Crippen molar-refractivity contribution in [1.29, 1.82) is 0 Å². The number of para-hydroxylation sites is 1. The first-order valence-electron chi connectivity index (χ1n) is 9.91. The van der Waals surface area contributed by atoms with Crippen LogP contribution in [0.1, 0.15) is 36.8 Å². The summed E-state index contributed by atoms with van der Waals surface area (Å²) in [5, 5.41) is 2.95. The molecule has 0 spiro atoms. The van der Waals surface area contributed by atoms with Gasteiger partial charge in [-0.25, -0.2) is 0 Å². The second kappa shape index (κ2) is 8.85. The number of fused-ring (bicyclic) bond motifs is 1. The van der Waals surface area contributed by atoms with Crippen molar-refractivity contribution in [2.24, 2.45) is 0 Å². The quantitative estimate of drug-likeness (QED) is 0.861. The molecule has 2 unspecified atom stereocenters. The highest BCUT2D eigenvalue weighted by molar-refractivity contribution is 5.95. The fourth-order valence-corrected chi connectivity index (χ4v) is 4.16. The molecule has 2 aliphatic rings. The lowest BCUT2D eigenvalue weighted by atomic mass is 9.90. The van der Waals surface area contributed by atoms with Gasteiger partial charge < -0.3 is 15.0 Å². The summed E-state index contributed by atoms with van der Waals surface area (Å²) in [6.07, 6.45) is 4.85. The van der Waals surface area contributed by atoms with Crippen LogP contribution in [0.3, 0.4) is 0 Å². The van der Waals surface area contributed by atoms with E-state index in [2.05, 4.69) is 10.2 Å². The van der Waals surface area contributed by atoms with Crippen molar-refractivity contribution in [1.82, 2.24) is 9.80 Å². The first-order valence-corrected chi connectivity index (χ1v) is 9.91. The fourth-order valence-electron chi connectivity index (χ4n) is 4.16. The summed E-state index contributed by atoms with van der Waals surface area (Å²) in [6.45, 7) is 5.83. The Morgan fingerprint density at radius 1 is 1.22 bits per heavy atom. The number of aryl methyl sites for hydroxylation is 2. The highest BCUT2D eigenvalue weighted by atomic mass is 16.5. The van der Waals surface area contributed by atoms with E-state index in [9.17, 15) is 9.59 Å². The number of morpholine rings is 1. The molecule has 6 nitrogen and oxygen atoms in total. The number of hydrogen-bond acceptors (Lipinski definition) is 4. The maximum atomic E-state index is 12.7. The summed E-state index contributed by atoms with van der Waals surface area (Å²) < 4.78 is 5.88. The minimum Gasteiger partial charge on any atom is -0.375 e. The molecule has 27 heavy (non-hydrogen) atoms. The van der Waals surface area contributed by atoms with Crippen LogP contribution in [0.15, 0.2) is 18.2 Å². The van der Waals surface area contributed by atoms with E-state index in [0.717, 1.165) is 36.2 Å². The Bertz CT molecular complexity index is 669. The van der Waals surface area contributed by atoms with Crippen molar-refractivity contribution < 1.29 is 14.3 Å². The molecule has 1 saturated heterocycles. The molecule has 1 aromatic carbocycles. The number of rotatable bonds is 5. The minimum atomic E-state index is -0.166. The van der Waals surface area contributed by atoms with Gasteiger partial charge in [-0.1, -0.05) is 31.0 Å². The zero-order valence-electron chi connectivity index (χ0n) is 16.7. The normalized spacial score (nSPS) is 22.8. The summed E-state index contributed by atoms with van der Waals surface area (Å²) in [5.74, 6) is -0.182. The third-order valence-electron chi connectivity index (χ3n) is 5.74. The minimum absolute atomic E-state index is 0.0159. The Hall–Kier alpha value is -1.92. The molecule has 1 heterocycles. The summed E-state index contributed by atoms with van der Waals surface area (Å²) >= 11 is 0. The van der Waals surface area contributed by atoms with E-state index in [1.807, 2.05) is 32.0 Å². The number of benzene rings is 1. The van der Waals surface area contributed by atoms with Crippen molar-refractivity contribution in [3.63, 3.8) is 0 Å². The molecular formula is C21H31N3O3. The highest BCUT2D eigenvalue weighted by Gasteiger charge is 2.35. The Labute approximate surface area is 161 Å². The van der Waals surface area contributed by atoms with Gasteiger partial charge in [0.05, 0.1) is 25.8 Å². The fraction of sp³-hybridized carbons (Fsp3) is 0.619. The van der Waals surface area contributed by atoms with E-state index in [4.69, 9.17) is 4.74 Å². The van der Waals surface area contributed by atoms with E-state index in [0.29, 0.717) is 19.2 Å². The van der Waals surface area contributed by atoms with Crippen LogP contribution in [0.4, 0.5) is 5.69 Å². The van der Waals surface area contributed by atoms with Gasteiger partial charge in [0.1, 0.15) is 0 Å². The number of carbonyl (C=O) groups excluding carboxylic acids is 2. The van der Waals surface area contributed by atoms with Crippen LogP contribution >= 0.6 is 0 Å². The summed E-state index contributed by atoms with van der Waals surface area (Å²) in [5.41, 5.74) is 2.88. The third kappa shape index (κ3) is 4.87. The molecule has 6 heteroatoms.